The van der Waals surface area contributed by atoms with Gasteiger partial charge in [-0.25, -0.2) is 19.1 Å². The number of H-pyrrole nitrogens is 1. The zero-order valence-electron chi connectivity index (χ0n) is 20.2. The van der Waals surface area contributed by atoms with Gasteiger partial charge in [0.05, 0.1) is 6.04 Å². The van der Waals surface area contributed by atoms with E-state index in [2.05, 4.69) is 27.5 Å². The van der Waals surface area contributed by atoms with Crippen LogP contribution in [-0.2, 0) is 24.1 Å². The minimum Gasteiger partial charge on any atom is -0.480 e. The topological polar surface area (TPSA) is 120 Å². The molecule has 1 saturated heterocycles. The van der Waals surface area contributed by atoms with Crippen LogP contribution < -0.4 is 11.0 Å². The van der Waals surface area contributed by atoms with Crippen molar-refractivity contribution >= 4 is 12.0 Å². The molecule has 9 nitrogen and oxygen atoms in total. The highest BCUT2D eigenvalue weighted by molar-refractivity contribution is 5.83. The first-order chi connectivity index (χ1) is 17.5. The maximum atomic E-state index is 12.9. The van der Waals surface area contributed by atoms with Gasteiger partial charge < -0.3 is 15.3 Å². The average molecular weight is 490 g/mol. The molecule has 9 heteroatoms. The molecule has 1 atom stereocenters. The van der Waals surface area contributed by atoms with Gasteiger partial charge in [-0.2, -0.15) is 0 Å². The smallest absolute Gasteiger partial charge is 0.343 e. The van der Waals surface area contributed by atoms with Gasteiger partial charge in [-0.15, -0.1) is 5.10 Å². The highest BCUT2D eigenvalue weighted by Crippen LogP contribution is 2.24. The Morgan fingerprint density at radius 2 is 1.78 bits per heavy atom. The van der Waals surface area contributed by atoms with E-state index >= 15 is 0 Å². The molecule has 0 radical (unpaired) electrons. The highest BCUT2D eigenvalue weighted by atomic mass is 16.4. The minimum absolute atomic E-state index is 0.124. The summed E-state index contributed by atoms with van der Waals surface area (Å²) >= 11 is 0. The van der Waals surface area contributed by atoms with E-state index in [-0.39, 0.29) is 18.2 Å². The third-order valence-electron chi connectivity index (χ3n) is 7.23. The van der Waals surface area contributed by atoms with Gasteiger partial charge >= 0.3 is 17.7 Å². The van der Waals surface area contributed by atoms with Crippen LogP contribution in [0.25, 0.3) is 11.4 Å². The van der Waals surface area contributed by atoms with Gasteiger partial charge in [0.2, 0.25) is 0 Å². The Bertz CT molecular complexity index is 1290. The molecule has 0 bridgehead atoms. The maximum absolute atomic E-state index is 12.9. The Hall–Kier alpha value is -3.88. The third kappa shape index (κ3) is 5.19. The number of aromatic nitrogens is 3. The number of carbonyl (C=O) groups is 2. The second-order valence-electron chi connectivity index (χ2n) is 9.66. The van der Waals surface area contributed by atoms with Crippen LogP contribution in [0.15, 0.2) is 53.3 Å². The number of nitrogens with zero attached hydrogens (tertiary/aromatic N) is 3. The van der Waals surface area contributed by atoms with Crippen molar-refractivity contribution in [2.24, 2.45) is 0 Å². The number of likely N-dealkylation sites (tertiary alicyclic amines) is 1. The summed E-state index contributed by atoms with van der Waals surface area (Å²) in [7, 11) is 0. The lowest BCUT2D eigenvalue weighted by atomic mass is 9.89. The number of benzene rings is 2. The van der Waals surface area contributed by atoms with Crippen LogP contribution in [0.3, 0.4) is 0 Å². The van der Waals surface area contributed by atoms with E-state index in [4.69, 9.17) is 0 Å². The number of carboxylic acids is 1. The summed E-state index contributed by atoms with van der Waals surface area (Å²) in [6, 6.07) is 14.1. The number of hydrogen-bond donors (Lipinski definition) is 3. The lowest BCUT2D eigenvalue weighted by molar-refractivity contribution is -0.139. The van der Waals surface area contributed by atoms with Crippen LogP contribution in [0.1, 0.15) is 48.4 Å². The molecule has 5 rings (SSSR count). The van der Waals surface area contributed by atoms with Gasteiger partial charge in [0.15, 0.2) is 5.82 Å². The molecule has 2 heterocycles. The zero-order valence-corrected chi connectivity index (χ0v) is 20.2. The van der Waals surface area contributed by atoms with E-state index in [9.17, 15) is 19.5 Å². The van der Waals surface area contributed by atoms with Gasteiger partial charge in [-0.1, -0.05) is 48.5 Å². The van der Waals surface area contributed by atoms with Crippen molar-refractivity contribution < 1.29 is 14.7 Å². The Balaban J connectivity index is 1.19. The summed E-state index contributed by atoms with van der Waals surface area (Å²) in [5, 5.41) is 16.9. The molecule has 2 aromatic carbocycles. The van der Waals surface area contributed by atoms with Crippen molar-refractivity contribution in [3.63, 3.8) is 0 Å². The molecular formula is C27H31N5O4. The molecule has 36 heavy (non-hydrogen) atoms. The number of aliphatic carboxylic acids is 1. The Morgan fingerprint density at radius 3 is 2.50 bits per heavy atom. The summed E-state index contributed by atoms with van der Waals surface area (Å²) in [5.41, 5.74) is 4.13. The Labute approximate surface area is 209 Å². The number of carbonyl (C=O) groups excluding carboxylic acids is 1. The summed E-state index contributed by atoms with van der Waals surface area (Å²) in [6.07, 6.45) is 5.82. The number of aromatic amines is 1. The fraction of sp³-hybridized carbons (Fsp3) is 0.407. The molecule has 2 amide bonds. The molecule has 1 aliphatic carbocycles. The van der Waals surface area contributed by atoms with Gasteiger partial charge in [-0.05, 0) is 55.2 Å². The molecule has 1 aliphatic heterocycles. The average Bonchev–Trinajstić information content (AvgIpc) is 3.30. The molecule has 1 aromatic heterocycles. The standard InChI is InChI=1S/C27H31N5O4/c33-25(34)23(17-18-10-11-19-6-4-5-9-21(19)16-18)28-26(35)31-14-12-22(13-15-31)32-27(36)29-24(30-32)20-7-2-1-3-8-20/h1-3,7-8,10-11,16,22-23H,4-6,9,12-15,17H2,(H,28,35)(H,33,34)(H,29,30,36). The summed E-state index contributed by atoms with van der Waals surface area (Å²) < 4.78 is 1.47. The lowest BCUT2D eigenvalue weighted by Gasteiger charge is -2.32. The van der Waals surface area contributed by atoms with Crippen LogP contribution in [0.4, 0.5) is 4.79 Å². The monoisotopic (exact) mass is 489 g/mol. The van der Waals surface area contributed by atoms with E-state index in [1.807, 2.05) is 36.4 Å². The summed E-state index contributed by atoms with van der Waals surface area (Å²) in [4.78, 5) is 41.7. The second-order valence-corrected chi connectivity index (χ2v) is 9.66. The number of fused-ring (bicyclic) bond motifs is 1. The van der Waals surface area contributed by atoms with Crippen molar-refractivity contribution in [1.82, 2.24) is 25.0 Å². The zero-order chi connectivity index (χ0) is 25.1. The molecule has 0 spiro atoms. The van der Waals surface area contributed by atoms with E-state index in [0.717, 1.165) is 30.4 Å². The number of aryl methyl sites for hydroxylation is 2. The van der Waals surface area contributed by atoms with Crippen molar-refractivity contribution in [2.75, 3.05) is 13.1 Å². The van der Waals surface area contributed by atoms with Crippen molar-refractivity contribution in [3.8, 4) is 11.4 Å². The Kier molecular flexibility index (Phi) is 6.88. The third-order valence-corrected chi connectivity index (χ3v) is 7.23. The van der Waals surface area contributed by atoms with Gasteiger partial charge in [0, 0.05) is 25.1 Å². The van der Waals surface area contributed by atoms with E-state index < -0.39 is 18.0 Å². The van der Waals surface area contributed by atoms with Gasteiger partial charge in [0.1, 0.15) is 6.04 Å². The first-order valence-corrected chi connectivity index (χ1v) is 12.6. The van der Waals surface area contributed by atoms with E-state index in [0.29, 0.717) is 31.8 Å². The van der Waals surface area contributed by atoms with Crippen molar-refractivity contribution in [2.45, 2.75) is 57.0 Å². The molecular weight excluding hydrogens is 458 g/mol. The Morgan fingerprint density at radius 1 is 1.06 bits per heavy atom. The van der Waals surface area contributed by atoms with Crippen molar-refractivity contribution in [1.29, 1.82) is 0 Å². The fourth-order valence-electron chi connectivity index (χ4n) is 5.21. The molecule has 188 valence electrons. The van der Waals surface area contributed by atoms with Gasteiger partial charge in [0.25, 0.3) is 0 Å². The number of piperidine rings is 1. The number of urea groups is 1. The predicted octanol–water partition coefficient (Wildman–Crippen LogP) is 3.16. The number of amides is 2. The van der Waals surface area contributed by atoms with Crippen molar-refractivity contribution in [3.05, 3.63) is 75.7 Å². The molecule has 2 aliphatic rings. The summed E-state index contributed by atoms with van der Waals surface area (Å²) in [5.74, 6) is -0.528. The van der Waals surface area contributed by atoms with Crippen LogP contribution in [-0.4, -0.2) is 55.9 Å². The number of carboxylic acid groups (broad SMARTS) is 1. The van der Waals surface area contributed by atoms with Crippen LogP contribution in [0, 0.1) is 0 Å². The first-order valence-electron chi connectivity index (χ1n) is 12.6. The number of nitrogens with one attached hydrogen (secondary N) is 2. The molecule has 1 fully saturated rings. The quantitative estimate of drug-likeness (QED) is 0.491. The lowest BCUT2D eigenvalue weighted by Crippen LogP contribution is -2.51. The second kappa shape index (κ2) is 10.4. The molecule has 0 saturated carbocycles. The van der Waals surface area contributed by atoms with Gasteiger partial charge in [-0.3, -0.25) is 4.98 Å². The fourth-order valence-corrected chi connectivity index (χ4v) is 5.21. The number of rotatable bonds is 6. The molecule has 1 unspecified atom stereocenters. The minimum atomic E-state index is -1.05. The summed E-state index contributed by atoms with van der Waals surface area (Å²) in [6.45, 7) is 0.837. The van der Waals surface area contributed by atoms with Crippen LogP contribution in [0.2, 0.25) is 0 Å². The number of hydrogen-bond acceptors (Lipinski definition) is 4. The normalized spacial score (nSPS) is 16.8. The maximum Gasteiger partial charge on any atom is 0.343 e. The molecule has 3 N–H and O–H groups in total. The van der Waals surface area contributed by atoms with Crippen LogP contribution >= 0.6 is 0 Å². The van der Waals surface area contributed by atoms with E-state index in [1.165, 1.54) is 22.2 Å². The largest absolute Gasteiger partial charge is 0.480 e. The molecule has 3 aromatic rings. The first kappa shape index (κ1) is 23.8. The van der Waals surface area contributed by atoms with Crippen LogP contribution in [0.5, 0.6) is 0 Å². The SMILES string of the molecule is O=C(O)C(Cc1ccc2c(c1)CCCC2)NC(=O)N1CCC(n2nc(-c3ccccc3)[nH]c2=O)CC1. The predicted molar refractivity (Wildman–Crippen MR) is 135 cm³/mol. The highest BCUT2D eigenvalue weighted by Gasteiger charge is 2.29. The van der Waals surface area contributed by atoms with E-state index in [1.54, 1.807) is 4.90 Å².